The first-order valence-corrected chi connectivity index (χ1v) is 12.4. The van der Waals surface area contributed by atoms with Crippen molar-refractivity contribution in [3.05, 3.63) is 64.2 Å². The molecule has 0 unspecified atom stereocenters. The van der Waals surface area contributed by atoms with E-state index in [1.54, 1.807) is 13.1 Å². The molecule has 4 aromatic rings. The minimum Gasteiger partial charge on any atom is -0.494 e. The standard InChI is InChI=1S/C27H30FN7O3/c1-32(2)11-12-33(3)22-14-24(38-4)21(13-23(22)35(36)37)30-27-29-15-20(28)25(31-27)19-16-34-10-6-8-17-7-5-9-18(19)26(17)34/h5,7,9,13-16H,6,8,10-12H2,1-4H3,(H,29,30,31). The Labute approximate surface area is 219 Å². The zero-order chi connectivity index (χ0) is 27.0. The third kappa shape index (κ3) is 4.72. The summed E-state index contributed by atoms with van der Waals surface area (Å²) in [4.78, 5) is 23.9. The lowest BCUT2D eigenvalue weighted by Crippen LogP contribution is -2.28. The zero-order valence-corrected chi connectivity index (χ0v) is 21.9. The van der Waals surface area contributed by atoms with Gasteiger partial charge in [0, 0.05) is 56.0 Å². The molecule has 5 rings (SSSR count). The third-order valence-corrected chi connectivity index (χ3v) is 6.86. The molecule has 0 fully saturated rings. The summed E-state index contributed by atoms with van der Waals surface area (Å²) < 4.78 is 22.7. The number of nitro benzene ring substituents is 1. The van der Waals surface area contributed by atoms with E-state index in [1.165, 1.54) is 18.7 Å². The van der Waals surface area contributed by atoms with E-state index in [9.17, 15) is 10.1 Å². The maximum atomic E-state index is 15.1. The van der Waals surface area contributed by atoms with Gasteiger partial charge in [0.1, 0.15) is 17.1 Å². The Bertz CT molecular complexity index is 1520. The Morgan fingerprint density at radius 3 is 2.79 bits per heavy atom. The molecule has 10 nitrogen and oxygen atoms in total. The van der Waals surface area contributed by atoms with Crippen molar-refractivity contribution in [1.82, 2.24) is 19.4 Å². The van der Waals surface area contributed by atoms with Gasteiger partial charge in [-0.1, -0.05) is 18.2 Å². The van der Waals surface area contributed by atoms with Crippen LogP contribution < -0.4 is 15.0 Å². The topological polar surface area (TPSA) is 102 Å². The molecule has 0 saturated carbocycles. The van der Waals surface area contributed by atoms with Crippen molar-refractivity contribution in [3.8, 4) is 17.0 Å². The van der Waals surface area contributed by atoms with E-state index in [0.29, 0.717) is 29.2 Å². The molecule has 1 aliphatic rings. The van der Waals surface area contributed by atoms with Crippen molar-refractivity contribution in [2.45, 2.75) is 19.4 Å². The van der Waals surface area contributed by atoms with Crippen molar-refractivity contribution < 1.29 is 14.1 Å². The van der Waals surface area contributed by atoms with Crippen LogP contribution in [0.4, 0.5) is 27.4 Å². The molecule has 0 radical (unpaired) electrons. The number of para-hydroxylation sites is 1. The highest BCUT2D eigenvalue weighted by atomic mass is 19.1. The molecule has 0 amide bonds. The number of nitrogens with zero attached hydrogens (tertiary/aromatic N) is 6. The number of likely N-dealkylation sites (N-methyl/N-ethyl adjacent to an activating group) is 2. The van der Waals surface area contributed by atoms with Crippen LogP contribution in [0.5, 0.6) is 5.75 Å². The average molecular weight is 520 g/mol. The Morgan fingerprint density at radius 1 is 1.24 bits per heavy atom. The molecule has 11 heteroatoms. The molecule has 3 heterocycles. The highest BCUT2D eigenvalue weighted by molar-refractivity contribution is 5.97. The maximum absolute atomic E-state index is 15.1. The van der Waals surface area contributed by atoms with Crippen LogP contribution in [0, 0.1) is 15.9 Å². The molecular weight excluding hydrogens is 489 g/mol. The zero-order valence-electron chi connectivity index (χ0n) is 21.9. The number of benzene rings is 2. The molecule has 0 atom stereocenters. The summed E-state index contributed by atoms with van der Waals surface area (Å²) in [6.45, 7) is 2.17. The number of anilines is 3. The van der Waals surface area contributed by atoms with E-state index < -0.39 is 10.7 Å². The molecule has 0 aliphatic carbocycles. The van der Waals surface area contributed by atoms with Crippen molar-refractivity contribution >= 4 is 33.9 Å². The van der Waals surface area contributed by atoms with Gasteiger partial charge in [-0.15, -0.1) is 0 Å². The lowest BCUT2D eigenvalue weighted by Gasteiger charge is -2.22. The van der Waals surface area contributed by atoms with Crippen LogP contribution in [-0.2, 0) is 13.0 Å². The molecule has 38 heavy (non-hydrogen) atoms. The van der Waals surface area contributed by atoms with Crippen LogP contribution in [0.15, 0.2) is 42.7 Å². The third-order valence-electron chi connectivity index (χ3n) is 6.86. The number of nitro groups is 1. The number of aromatic nitrogens is 3. The van der Waals surface area contributed by atoms with Crippen molar-refractivity contribution in [1.29, 1.82) is 0 Å². The lowest BCUT2D eigenvalue weighted by molar-refractivity contribution is -0.384. The summed E-state index contributed by atoms with van der Waals surface area (Å²) in [5.74, 6) is -0.0615. The summed E-state index contributed by atoms with van der Waals surface area (Å²) in [6.07, 6.45) is 5.06. The summed E-state index contributed by atoms with van der Waals surface area (Å²) >= 11 is 0. The van der Waals surface area contributed by atoms with E-state index in [-0.39, 0.29) is 17.3 Å². The average Bonchev–Trinajstić information content (AvgIpc) is 3.28. The molecule has 0 bridgehead atoms. The Balaban J connectivity index is 1.53. The first kappa shape index (κ1) is 25.4. The fraction of sp³-hybridized carbons (Fsp3) is 0.333. The van der Waals surface area contributed by atoms with Crippen molar-refractivity contribution in [2.24, 2.45) is 0 Å². The van der Waals surface area contributed by atoms with Gasteiger partial charge in [-0.3, -0.25) is 10.1 Å². The SMILES string of the molecule is COc1cc(N(C)CCN(C)C)c([N+](=O)[O-])cc1Nc1ncc(F)c(-c2cn3c4c(cccc24)CCC3)n1. The van der Waals surface area contributed by atoms with Gasteiger partial charge in [-0.2, -0.15) is 0 Å². The number of hydrogen-bond acceptors (Lipinski definition) is 8. The summed E-state index contributed by atoms with van der Waals surface area (Å²) in [6, 6.07) is 9.07. The van der Waals surface area contributed by atoms with E-state index >= 15 is 4.39 Å². The Morgan fingerprint density at radius 2 is 2.05 bits per heavy atom. The van der Waals surface area contributed by atoms with Crippen LogP contribution in [0.3, 0.4) is 0 Å². The normalized spacial score (nSPS) is 12.7. The number of methoxy groups -OCH3 is 1. The number of ether oxygens (including phenoxy) is 1. The summed E-state index contributed by atoms with van der Waals surface area (Å²) in [5.41, 5.74) is 3.83. The molecule has 1 aliphatic heterocycles. The Hall–Kier alpha value is -4.25. The second kappa shape index (κ2) is 10.3. The van der Waals surface area contributed by atoms with Gasteiger partial charge in [0.25, 0.3) is 5.69 Å². The molecule has 1 N–H and O–H groups in total. The number of halogens is 1. The fourth-order valence-electron chi connectivity index (χ4n) is 4.93. The van der Waals surface area contributed by atoms with Crippen LogP contribution in [0.2, 0.25) is 0 Å². The van der Waals surface area contributed by atoms with Crippen molar-refractivity contribution in [3.63, 3.8) is 0 Å². The number of hydrogen-bond donors (Lipinski definition) is 1. The summed E-state index contributed by atoms with van der Waals surface area (Å²) in [7, 11) is 7.17. The molecule has 0 spiro atoms. The quantitative estimate of drug-likeness (QED) is 0.248. The predicted molar refractivity (Wildman–Crippen MR) is 146 cm³/mol. The number of nitrogens with one attached hydrogen (secondary N) is 1. The van der Waals surface area contributed by atoms with Crippen molar-refractivity contribution in [2.75, 3.05) is 51.6 Å². The molecular formula is C27H30FN7O3. The van der Waals surface area contributed by atoms with Gasteiger partial charge in [-0.25, -0.2) is 14.4 Å². The molecule has 198 valence electrons. The largest absolute Gasteiger partial charge is 0.494 e. The predicted octanol–water partition coefficient (Wildman–Crippen LogP) is 4.84. The highest BCUT2D eigenvalue weighted by Crippen LogP contribution is 2.40. The van der Waals surface area contributed by atoms with E-state index in [0.717, 1.165) is 43.0 Å². The lowest BCUT2D eigenvalue weighted by atomic mass is 10.0. The first-order chi connectivity index (χ1) is 18.3. The van der Waals surface area contributed by atoms with Gasteiger partial charge in [0.15, 0.2) is 5.82 Å². The molecule has 2 aromatic carbocycles. The smallest absolute Gasteiger partial charge is 0.294 e. The Kier molecular flexibility index (Phi) is 6.85. The van der Waals surface area contributed by atoms with Gasteiger partial charge < -0.3 is 24.4 Å². The van der Waals surface area contributed by atoms with Crippen LogP contribution in [0.25, 0.3) is 22.2 Å². The second-order valence-corrected chi connectivity index (χ2v) is 9.69. The second-order valence-electron chi connectivity index (χ2n) is 9.69. The summed E-state index contributed by atoms with van der Waals surface area (Å²) in [5, 5.41) is 15.9. The first-order valence-electron chi connectivity index (χ1n) is 12.4. The van der Waals surface area contributed by atoms with E-state index in [4.69, 9.17) is 4.74 Å². The monoisotopic (exact) mass is 519 g/mol. The minimum absolute atomic E-state index is 0.0918. The van der Waals surface area contributed by atoms with Gasteiger partial charge in [-0.05, 0) is 32.5 Å². The van der Waals surface area contributed by atoms with E-state index in [2.05, 4.69) is 25.9 Å². The maximum Gasteiger partial charge on any atom is 0.294 e. The molecule has 2 aromatic heterocycles. The van der Waals surface area contributed by atoms with Gasteiger partial charge in [0.2, 0.25) is 5.95 Å². The van der Waals surface area contributed by atoms with Gasteiger partial charge in [0.05, 0.1) is 29.4 Å². The van der Waals surface area contributed by atoms with Crippen LogP contribution in [-0.4, -0.2) is 65.7 Å². The van der Waals surface area contributed by atoms with Crippen LogP contribution >= 0.6 is 0 Å². The number of aryl methyl sites for hydroxylation is 2. The minimum atomic E-state index is -0.546. The van der Waals surface area contributed by atoms with Gasteiger partial charge >= 0.3 is 0 Å². The molecule has 0 saturated heterocycles. The highest BCUT2D eigenvalue weighted by Gasteiger charge is 2.24. The van der Waals surface area contributed by atoms with E-state index in [1.807, 2.05) is 42.2 Å². The fourth-order valence-corrected chi connectivity index (χ4v) is 4.93. The number of rotatable bonds is 9. The van der Waals surface area contributed by atoms with Crippen LogP contribution in [0.1, 0.15) is 12.0 Å².